The maximum Gasteiger partial charge on any atom is 0.416 e. The van der Waals surface area contributed by atoms with Crippen LogP contribution in [0.15, 0.2) is 12.1 Å². The van der Waals surface area contributed by atoms with Crippen LogP contribution in [0, 0.1) is 5.41 Å². The summed E-state index contributed by atoms with van der Waals surface area (Å²) in [6.07, 6.45) is -4.34. The summed E-state index contributed by atoms with van der Waals surface area (Å²) in [4.78, 5) is 0.142. The summed E-state index contributed by atoms with van der Waals surface area (Å²) < 4.78 is 65.6. The lowest BCUT2D eigenvalue weighted by Crippen LogP contribution is -2.26. The number of sulfone groups is 1. The van der Waals surface area contributed by atoms with Crippen molar-refractivity contribution >= 4 is 31.4 Å². The van der Waals surface area contributed by atoms with Crippen molar-refractivity contribution in [2.75, 3.05) is 5.75 Å². The van der Waals surface area contributed by atoms with Gasteiger partial charge in [-0.2, -0.15) is 13.2 Å². The molecule has 2 aromatic rings. The van der Waals surface area contributed by atoms with Gasteiger partial charge in [0.25, 0.3) is 0 Å². The number of nitrogens with one attached hydrogen (secondary N) is 1. The van der Waals surface area contributed by atoms with Gasteiger partial charge in [0.15, 0.2) is 14.6 Å². The van der Waals surface area contributed by atoms with Crippen molar-refractivity contribution in [1.82, 2.24) is 4.57 Å². The Morgan fingerprint density at radius 2 is 2.09 bits per heavy atom. The van der Waals surface area contributed by atoms with Gasteiger partial charge in [-0.05, 0) is 24.1 Å². The zero-order chi connectivity index (χ0) is 16.3. The standard InChI is InChI=1S/C13H13F3N2O2S2/c1-2-22(19,20)10-3-4-18-11-8(10)5-7(13(14,15)16)6-9(11)21-12(18)17/h5-6,10,17H,2-4H2,1H3. The number of halogens is 3. The van der Waals surface area contributed by atoms with Crippen LogP contribution >= 0.6 is 11.3 Å². The monoisotopic (exact) mass is 350 g/mol. The lowest BCUT2D eigenvalue weighted by Gasteiger charge is -2.25. The van der Waals surface area contributed by atoms with E-state index in [0.29, 0.717) is 16.8 Å². The Balaban J connectivity index is 2.38. The molecular weight excluding hydrogens is 337 g/mol. The molecule has 22 heavy (non-hydrogen) atoms. The number of rotatable bonds is 2. The minimum atomic E-state index is -4.54. The van der Waals surface area contributed by atoms with E-state index in [9.17, 15) is 21.6 Å². The molecule has 1 atom stereocenters. The maximum atomic E-state index is 13.1. The molecule has 2 heterocycles. The number of hydrogen-bond acceptors (Lipinski definition) is 4. The van der Waals surface area contributed by atoms with Gasteiger partial charge in [0.2, 0.25) is 0 Å². The third-order valence-electron chi connectivity index (χ3n) is 3.95. The molecule has 0 spiro atoms. The van der Waals surface area contributed by atoms with Crippen LogP contribution in [0.2, 0.25) is 0 Å². The van der Waals surface area contributed by atoms with Crippen molar-refractivity contribution in [2.45, 2.75) is 31.3 Å². The highest BCUT2D eigenvalue weighted by molar-refractivity contribution is 7.91. The van der Waals surface area contributed by atoms with E-state index in [4.69, 9.17) is 5.41 Å². The predicted octanol–water partition coefficient (Wildman–Crippen LogP) is 3.08. The predicted molar refractivity (Wildman–Crippen MR) is 77.5 cm³/mol. The van der Waals surface area contributed by atoms with Crippen LogP contribution in [0.25, 0.3) is 10.2 Å². The number of hydrogen-bond donors (Lipinski definition) is 1. The first-order chi connectivity index (χ1) is 10.1. The van der Waals surface area contributed by atoms with E-state index in [0.717, 1.165) is 23.5 Å². The van der Waals surface area contributed by atoms with Gasteiger partial charge in [0.1, 0.15) is 0 Å². The number of thiazole rings is 1. The third kappa shape index (κ3) is 2.26. The first-order valence-electron chi connectivity index (χ1n) is 6.66. The minimum absolute atomic E-state index is 0.118. The van der Waals surface area contributed by atoms with Crippen LogP contribution in [0.1, 0.15) is 29.7 Å². The van der Waals surface area contributed by atoms with Crippen LogP contribution in [-0.4, -0.2) is 18.7 Å². The highest BCUT2D eigenvalue weighted by Crippen LogP contribution is 2.41. The molecule has 0 fully saturated rings. The number of aromatic nitrogens is 1. The molecule has 0 amide bonds. The van der Waals surface area contributed by atoms with E-state index < -0.39 is 26.8 Å². The Morgan fingerprint density at radius 3 is 2.68 bits per heavy atom. The largest absolute Gasteiger partial charge is 0.416 e. The second kappa shape index (κ2) is 4.82. The third-order valence-corrected chi connectivity index (χ3v) is 7.06. The van der Waals surface area contributed by atoms with Crippen LogP contribution in [0.5, 0.6) is 0 Å². The van der Waals surface area contributed by atoms with E-state index in [1.165, 1.54) is 6.92 Å². The van der Waals surface area contributed by atoms with Gasteiger partial charge in [-0.1, -0.05) is 18.3 Å². The van der Waals surface area contributed by atoms with E-state index >= 15 is 0 Å². The molecule has 1 N–H and O–H groups in total. The Bertz CT molecular complexity index is 910. The molecule has 1 aliphatic heterocycles. The van der Waals surface area contributed by atoms with Gasteiger partial charge < -0.3 is 4.57 Å². The summed E-state index contributed by atoms with van der Waals surface area (Å²) in [7, 11) is -3.50. The zero-order valence-corrected chi connectivity index (χ0v) is 13.2. The molecule has 0 radical (unpaired) electrons. The van der Waals surface area contributed by atoms with Crippen molar-refractivity contribution in [3.8, 4) is 0 Å². The lowest BCUT2D eigenvalue weighted by atomic mass is 10.0. The quantitative estimate of drug-likeness (QED) is 0.905. The molecule has 1 aliphatic rings. The Kier molecular flexibility index (Phi) is 3.41. The van der Waals surface area contributed by atoms with Gasteiger partial charge >= 0.3 is 6.18 Å². The fourth-order valence-corrected chi connectivity index (χ4v) is 5.30. The Hall–Kier alpha value is -1.35. The molecule has 0 bridgehead atoms. The maximum absolute atomic E-state index is 13.1. The fraction of sp³-hybridized carbons (Fsp3) is 0.462. The van der Waals surface area contributed by atoms with Gasteiger partial charge in [-0.25, -0.2) is 8.42 Å². The summed E-state index contributed by atoms with van der Waals surface area (Å²) in [5.41, 5.74) is -0.231. The van der Waals surface area contributed by atoms with E-state index in [1.807, 2.05) is 0 Å². The smallest absolute Gasteiger partial charge is 0.317 e. The lowest BCUT2D eigenvalue weighted by molar-refractivity contribution is -0.137. The zero-order valence-electron chi connectivity index (χ0n) is 11.6. The molecule has 9 heteroatoms. The molecule has 1 aromatic carbocycles. The summed E-state index contributed by atoms with van der Waals surface area (Å²) in [6, 6.07) is 1.93. The van der Waals surface area contributed by atoms with Crippen LogP contribution < -0.4 is 4.80 Å². The second-order valence-electron chi connectivity index (χ2n) is 5.20. The molecule has 0 aliphatic carbocycles. The first kappa shape index (κ1) is 15.5. The second-order valence-corrected chi connectivity index (χ2v) is 8.70. The summed E-state index contributed by atoms with van der Waals surface area (Å²) in [5, 5.41) is 6.94. The molecule has 1 aromatic heterocycles. The van der Waals surface area contributed by atoms with E-state index in [2.05, 4.69) is 0 Å². The Morgan fingerprint density at radius 1 is 1.41 bits per heavy atom. The number of benzene rings is 1. The van der Waals surface area contributed by atoms with Gasteiger partial charge in [-0.15, -0.1) is 0 Å². The molecular formula is C13H13F3N2O2S2. The number of nitrogens with zero attached hydrogens (tertiary/aromatic N) is 1. The van der Waals surface area contributed by atoms with Crippen LogP contribution in [-0.2, 0) is 22.6 Å². The minimum Gasteiger partial charge on any atom is -0.317 e. The average Bonchev–Trinajstić information content (AvgIpc) is 2.75. The Labute approximate surface area is 128 Å². The van der Waals surface area contributed by atoms with Crippen LogP contribution in [0.4, 0.5) is 13.2 Å². The normalized spacial score (nSPS) is 18.8. The molecule has 1 unspecified atom stereocenters. The SMILES string of the molecule is CCS(=O)(=O)C1CCn2c(=N)sc3cc(C(F)(F)F)cc1c32. The van der Waals surface area contributed by atoms with Crippen LogP contribution in [0.3, 0.4) is 0 Å². The highest BCUT2D eigenvalue weighted by atomic mass is 32.2. The van der Waals surface area contributed by atoms with Gasteiger partial charge in [-0.3, -0.25) is 5.41 Å². The summed E-state index contributed by atoms with van der Waals surface area (Å²) in [6.45, 7) is 1.83. The van der Waals surface area contributed by atoms with E-state index in [1.54, 1.807) is 4.57 Å². The molecule has 3 rings (SSSR count). The topological polar surface area (TPSA) is 62.9 Å². The highest BCUT2D eigenvalue weighted by Gasteiger charge is 2.37. The molecule has 120 valence electrons. The van der Waals surface area contributed by atoms with Crippen molar-refractivity contribution in [3.05, 3.63) is 28.1 Å². The van der Waals surface area contributed by atoms with Crippen molar-refractivity contribution in [1.29, 1.82) is 5.41 Å². The fourth-order valence-electron chi connectivity index (χ4n) is 2.86. The molecule has 0 saturated heterocycles. The molecule has 4 nitrogen and oxygen atoms in total. The number of alkyl halides is 3. The summed E-state index contributed by atoms with van der Waals surface area (Å²) >= 11 is 0.943. The molecule has 0 saturated carbocycles. The van der Waals surface area contributed by atoms with Crippen molar-refractivity contribution in [2.24, 2.45) is 0 Å². The van der Waals surface area contributed by atoms with Crippen molar-refractivity contribution < 1.29 is 21.6 Å². The number of aryl methyl sites for hydroxylation is 1. The van der Waals surface area contributed by atoms with Crippen molar-refractivity contribution in [3.63, 3.8) is 0 Å². The average molecular weight is 350 g/mol. The first-order valence-corrected chi connectivity index (χ1v) is 9.19. The van der Waals surface area contributed by atoms with Gasteiger partial charge in [0.05, 0.1) is 21.0 Å². The van der Waals surface area contributed by atoms with E-state index in [-0.39, 0.29) is 22.5 Å². The van der Waals surface area contributed by atoms with Gasteiger partial charge in [0, 0.05) is 12.3 Å². The summed E-state index contributed by atoms with van der Waals surface area (Å²) in [5.74, 6) is -0.118.